The molecule has 0 saturated heterocycles. The Morgan fingerprint density at radius 3 is 2.83 bits per heavy atom. The summed E-state index contributed by atoms with van der Waals surface area (Å²) in [4.78, 5) is 10.3. The van der Waals surface area contributed by atoms with E-state index in [9.17, 15) is 9.18 Å². The molecule has 0 aliphatic carbocycles. The summed E-state index contributed by atoms with van der Waals surface area (Å²) in [6, 6.07) is 4.91. The highest BCUT2D eigenvalue weighted by Gasteiger charge is 2.04. The smallest absolute Gasteiger partial charge is 0.153 e. The Morgan fingerprint density at radius 2 is 2.25 bits per heavy atom. The first kappa shape index (κ1) is 8.91. The highest BCUT2D eigenvalue weighted by atomic mass is 19.1. The lowest BCUT2D eigenvalue weighted by Gasteiger charge is -2.01. The van der Waals surface area contributed by atoms with Crippen LogP contribution in [0, 0.1) is 5.82 Å². The van der Waals surface area contributed by atoms with Crippen LogP contribution >= 0.6 is 0 Å². The van der Waals surface area contributed by atoms with Crippen LogP contribution in [-0.2, 0) is 6.42 Å². The van der Waals surface area contributed by atoms with E-state index in [0.29, 0.717) is 18.3 Å². The summed E-state index contributed by atoms with van der Waals surface area (Å²) in [5.74, 6) is -0.366. The van der Waals surface area contributed by atoms with E-state index < -0.39 is 0 Å². The van der Waals surface area contributed by atoms with E-state index in [1.165, 1.54) is 6.07 Å². The van der Waals surface area contributed by atoms with Crippen LogP contribution in [0.5, 0.6) is 0 Å². The van der Waals surface area contributed by atoms with E-state index >= 15 is 0 Å². The fourth-order valence-electron chi connectivity index (χ4n) is 1.15. The molecule has 1 rings (SSSR count). The van der Waals surface area contributed by atoms with Crippen molar-refractivity contribution in [3.63, 3.8) is 0 Å². The van der Waals surface area contributed by atoms with E-state index in [2.05, 4.69) is 0 Å². The predicted octanol–water partition coefficient (Wildman–Crippen LogP) is 2.59. The number of aryl methyl sites for hydroxylation is 1. The van der Waals surface area contributed by atoms with E-state index in [1.807, 2.05) is 6.92 Å². The number of benzene rings is 1. The molecule has 0 N–H and O–H groups in total. The third-order valence-electron chi connectivity index (χ3n) is 1.75. The van der Waals surface area contributed by atoms with Gasteiger partial charge in [0.1, 0.15) is 5.82 Å². The Labute approximate surface area is 71.2 Å². The summed E-state index contributed by atoms with van der Waals surface area (Å²) in [6.45, 7) is 1.98. The zero-order valence-corrected chi connectivity index (χ0v) is 7.01. The lowest BCUT2D eigenvalue weighted by molar-refractivity contribution is 0.111. The second kappa shape index (κ2) is 4.00. The van der Waals surface area contributed by atoms with Crippen molar-refractivity contribution < 1.29 is 9.18 Å². The van der Waals surface area contributed by atoms with E-state index in [0.717, 1.165) is 6.42 Å². The first-order chi connectivity index (χ1) is 5.79. The van der Waals surface area contributed by atoms with E-state index in [-0.39, 0.29) is 11.4 Å². The second-order valence-electron chi connectivity index (χ2n) is 2.69. The number of hydrogen-bond donors (Lipinski definition) is 0. The molecule has 2 heteroatoms. The molecule has 0 unspecified atom stereocenters. The summed E-state index contributed by atoms with van der Waals surface area (Å²) in [6.07, 6.45) is 2.13. The Kier molecular flexibility index (Phi) is 2.97. The van der Waals surface area contributed by atoms with Gasteiger partial charge in [0, 0.05) is 0 Å². The number of halogens is 1. The third-order valence-corrected chi connectivity index (χ3v) is 1.75. The number of carbonyl (C=O) groups excluding carboxylic acids is 1. The van der Waals surface area contributed by atoms with E-state index in [4.69, 9.17) is 0 Å². The lowest BCUT2D eigenvalue weighted by Crippen LogP contribution is -1.94. The first-order valence-corrected chi connectivity index (χ1v) is 4.02. The normalized spacial score (nSPS) is 9.83. The standard InChI is InChI=1S/C10H11FO/c1-2-4-8-5-3-6-9(7-12)10(8)11/h3,5-7H,2,4H2,1H3. The van der Waals surface area contributed by atoms with Crippen LogP contribution in [-0.4, -0.2) is 6.29 Å². The Bertz CT molecular complexity index is 281. The van der Waals surface area contributed by atoms with Crippen molar-refractivity contribution >= 4 is 6.29 Å². The van der Waals surface area contributed by atoms with Gasteiger partial charge in [0.2, 0.25) is 0 Å². The van der Waals surface area contributed by atoms with Crippen LogP contribution in [0.4, 0.5) is 4.39 Å². The quantitative estimate of drug-likeness (QED) is 0.631. The van der Waals surface area contributed by atoms with Gasteiger partial charge in [-0.2, -0.15) is 0 Å². The molecule has 0 fully saturated rings. The molecule has 1 aromatic rings. The van der Waals surface area contributed by atoms with Crippen LogP contribution in [0.3, 0.4) is 0 Å². The Balaban J connectivity index is 3.04. The topological polar surface area (TPSA) is 17.1 Å². The van der Waals surface area contributed by atoms with Gasteiger partial charge >= 0.3 is 0 Å². The second-order valence-corrected chi connectivity index (χ2v) is 2.69. The van der Waals surface area contributed by atoms with Crippen molar-refractivity contribution in [1.29, 1.82) is 0 Å². The minimum atomic E-state index is -0.366. The molecule has 0 atom stereocenters. The molecule has 0 aliphatic heterocycles. The monoisotopic (exact) mass is 166 g/mol. The highest BCUT2D eigenvalue weighted by molar-refractivity contribution is 5.75. The summed E-state index contributed by atoms with van der Waals surface area (Å²) < 4.78 is 13.2. The van der Waals surface area contributed by atoms with Crippen molar-refractivity contribution in [1.82, 2.24) is 0 Å². The Morgan fingerprint density at radius 1 is 1.50 bits per heavy atom. The maximum Gasteiger partial charge on any atom is 0.153 e. The molecule has 0 saturated carbocycles. The zero-order valence-electron chi connectivity index (χ0n) is 7.01. The van der Waals surface area contributed by atoms with Crippen LogP contribution < -0.4 is 0 Å². The van der Waals surface area contributed by atoms with Crippen molar-refractivity contribution in [2.45, 2.75) is 19.8 Å². The molecule has 12 heavy (non-hydrogen) atoms. The molecular weight excluding hydrogens is 155 g/mol. The summed E-state index contributed by atoms with van der Waals surface area (Å²) in [7, 11) is 0. The predicted molar refractivity (Wildman–Crippen MR) is 45.8 cm³/mol. The molecule has 0 bridgehead atoms. The fourth-order valence-corrected chi connectivity index (χ4v) is 1.15. The highest BCUT2D eigenvalue weighted by Crippen LogP contribution is 2.12. The van der Waals surface area contributed by atoms with Crippen molar-refractivity contribution in [3.05, 3.63) is 35.1 Å². The maximum atomic E-state index is 13.2. The molecule has 1 aromatic carbocycles. The van der Waals surface area contributed by atoms with Gasteiger partial charge in [-0.25, -0.2) is 4.39 Å². The van der Waals surface area contributed by atoms with Crippen LogP contribution in [0.1, 0.15) is 29.3 Å². The number of carbonyl (C=O) groups is 1. The molecule has 0 amide bonds. The van der Waals surface area contributed by atoms with Gasteiger partial charge in [0.15, 0.2) is 6.29 Å². The third kappa shape index (κ3) is 1.70. The molecular formula is C10H11FO. The van der Waals surface area contributed by atoms with Gasteiger partial charge in [-0.3, -0.25) is 4.79 Å². The first-order valence-electron chi connectivity index (χ1n) is 4.02. The van der Waals surface area contributed by atoms with Gasteiger partial charge in [0.05, 0.1) is 5.56 Å². The van der Waals surface area contributed by atoms with Crippen LogP contribution in [0.15, 0.2) is 18.2 Å². The average Bonchev–Trinajstić information content (AvgIpc) is 2.09. The van der Waals surface area contributed by atoms with Gasteiger partial charge in [-0.15, -0.1) is 0 Å². The van der Waals surface area contributed by atoms with Gasteiger partial charge in [-0.05, 0) is 18.1 Å². The largest absolute Gasteiger partial charge is 0.298 e. The lowest BCUT2D eigenvalue weighted by atomic mass is 10.1. The van der Waals surface area contributed by atoms with Crippen molar-refractivity contribution in [2.75, 3.05) is 0 Å². The Hall–Kier alpha value is -1.18. The minimum Gasteiger partial charge on any atom is -0.298 e. The maximum absolute atomic E-state index is 13.2. The zero-order chi connectivity index (χ0) is 8.97. The van der Waals surface area contributed by atoms with Crippen LogP contribution in [0.2, 0.25) is 0 Å². The number of hydrogen-bond acceptors (Lipinski definition) is 1. The van der Waals surface area contributed by atoms with E-state index in [1.54, 1.807) is 12.1 Å². The van der Waals surface area contributed by atoms with Gasteiger partial charge < -0.3 is 0 Å². The van der Waals surface area contributed by atoms with Crippen molar-refractivity contribution in [2.24, 2.45) is 0 Å². The average molecular weight is 166 g/mol. The number of aldehydes is 1. The summed E-state index contributed by atoms with van der Waals surface area (Å²) in [5.41, 5.74) is 0.781. The molecule has 0 heterocycles. The molecule has 0 aliphatic rings. The number of rotatable bonds is 3. The fraction of sp³-hybridized carbons (Fsp3) is 0.300. The van der Waals surface area contributed by atoms with Gasteiger partial charge in [-0.1, -0.05) is 25.5 Å². The molecule has 0 spiro atoms. The molecule has 64 valence electrons. The summed E-state index contributed by atoms with van der Waals surface area (Å²) in [5, 5.41) is 0. The van der Waals surface area contributed by atoms with Crippen LogP contribution in [0.25, 0.3) is 0 Å². The molecule has 1 nitrogen and oxygen atoms in total. The molecule has 0 aromatic heterocycles. The molecule has 0 radical (unpaired) electrons. The summed E-state index contributed by atoms with van der Waals surface area (Å²) >= 11 is 0. The minimum absolute atomic E-state index is 0.154. The van der Waals surface area contributed by atoms with Crippen molar-refractivity contribution in [3.8, 4) is 0 Å². The van der Waals surface area contributed by atoms with Gasteiger partial charge in [0.25, 0.3) is 0 Å². The SMILES string of the molecule is CCCc1cccc(C=O)c1F.